The normalized spacial score (nSPS) is 12.7. The minimum atomic E-state index is -0.797. The van der Waals surface area contributed by atoms with Gasteiger partial charge in [0.25, 0.3) is 0 Å². The summed E-state index contributed by atoms with van der Waals surface area (Å²) in [5.74, 6) is -0.971. The van der Waals surface area contributed by atoms with Gasteiger partial charge in [0.1, 0.15) is 13.2 Å². The predicted octanol–water partition coefficient (Wildman–Crippen LogP) is 13.9. The van der Waals surface area contributed by atoms with E-state index in [0.29, 0.717) is 19.3 Å². The van der Waals surface area contributed by atoms with Crippen molar-refractivity contribution >= 4 is 17.9 Å². The van der Waals surface area contributed by atoms with Crippen LogP contribution in [0.4, 0.5) is 0 Å². The van der Waals surface area contributed by atoms with Gasteiger partial charge < -0.3 is 14.2 Å². The second-order valence-electron chi connectivity index (χ2n) is 14.2. The maximum Gasteiger partial charge on any atom is 0.306 e. The van der Waals surface area contributed by atoms with Gasteiger partial charge in [-0.3, -0.25) is 14.4 Å². The van der Waals surface area contributed by atoms with Crippen molar-refractivity contribution in [2.45, 2.75) is 200 Å². The van der Waals surface area contributed by atoms with Crippen LogP contribution < -0.4 is 0 Å². The molecule has 6 heteroatoms. The van der Waals surface area contributed by atoms with Crippen molar-refractivity contribution in [1.82, 2.24) is 0 Å². The summed E-state index contributed by atoms with van der Waals surface area (Å²) in [6, 6.07) is 0. The first-order valence-electron chi connectivity index (χ1n) is 22.0. The molecule has 1 unspecified atom stereocenters. The third kappa shape index (κ3) is 40.0. The van der Waals surface area contributed by atoms with Crippen molar-refractivity contribution in [2.24, 2.45) is 0 Å². The van der Waals surface area contributed by atoms with E-state index in [1.165, 1.54) is 44.9 Å². The Morgan fingerprint density at radius 3 is 1.26 bits per heavy atom. The number of unbranched alkanes of at least 4 members (excludes halogenated alkanes) is 16. The molecule has 6 nitrogen and oxygen atoms in total. The molecule has 0 saturated carbocycles. The Morgan fingerprint density at radius 2 is 0.778 bits per heavy atom. The van der Waals surface area contributed by atoms with Crippen molar-refractivity contribution < 1.29 is 28.6 Å². The molecule has 0 aliphatic carbocycles. The van der Waals surface area contributed by atoms with Gasteiger partial charge in [-0.05, 0) is 96.3 Å². The molecule has 0 aromatic heterocycles. The number of esters is 3. The highest BCUT2D eigenvalue weighted by Gasteiger charge is 2.19. The highest BCUT2D eigenvalue weighted by atomic mass is 16.6. The Hall–Kier alpha value is -3.15. The van der Waals surface area contributed by atoms with Gasteiger partial charge in [-0.15, -0.1) is 0 Å². The Kier molecular flexibility index (Phi) is 40.1. The average Bonchev–Trinajstić information content (AvgIpc) is 3.17. The number of allylic oxidation sites excluding steroid dienone is 12. The van der Waals surface area contributed by atoms with Crippen molar-refractivity contribution in [1.29, 1.82) is 0 Å². The SMILES string of the molecule is CC/C=C\C/C=C\CCCCCCCC(=O)OC(COC(=O)CCCC/C=C\C/C=C\CC)COC(=O)CCCCCCCC/C=C\C=C/CCCCC. The zero-order valence-corrected chi connectivity index (χ0v) is 35.0. The zero-order chi connectivity index (χ0) is 39.4. The molecule has 0 N–H and O–H groups in total. The monoisotopic (exact) mass is 753 g/mol. The standard InChI is InChI=1S/C48H80O6/c1-4-7-10-13-16-19-21-23-24-25-27-29-32-35-38-41-47(50)53-44-45(43-52-46(49)40-37-34-31-28-18-15-12-9-6-3)54-48(51)42-39-36-33-30-26-22-20-17-14-11-8-5-2/h8-9,11-12,16-21,23,28,45H,4-7,10,13-15,22,24-27,29-44H2,1-3H3/b11-8-,12-9-,19-16-,20-17-,23-21-,28-18-. The highest BCUT2D eigenvalue weighted by Crippen LogP contribution is 2.12. The van der Waals surface area contributed by atoms with Crippen LogP contribution >= 0.6 is 0 Å². The lowest BCUT2D eigenvalue weighted by Gasteiger charge is -2.18. The molecular formula is C48H80O6. The van der Waals surface area contributed by atoms with E-state index < -0.39 is 6.10 Å². The van der Waals surface area contributed by atoms with Gasteiger partial charge >= 0.3 is 17.9 Å². The van der Waals surface area contributed by atoms with Gasteiger partial charge in [0.15, 0.2) is 6.10 Å². The fourth-order valence-corrected chi connectivity index (χ4v) is 5.68. The van der Waals surface area contributed by atoms with Crippen molar-refractivity contribution in [3.8, 4) is 0 Å². The van der Waals surface area contributed by atoms with E-state index in [1.54, 1.807) is 0 Å². The molecule has 0 amide bonds. The first kappa shape index (κ1) is 50.9. The lowest BCUT2D eigenvalue weighted by molar-refractivity contribution is -0.167. The number of carbonyl (C=O) groups excluding carboxylic acids is 3. The van der Waals surface area contributed by atoms with Gasteiger partial charge in [0.2, 0.25) is 0 Å². The molecule has 0 aromatic carbocycles. The molecule has 0 bridgehead atoms. The largest absolute Gasteiger partial charge is 0.462 e. The molecule has 0 aromatic rings. The van der Waals surface area contributed by atoms with Crippen LogP contribution in [0.15, 0.2) is 72.9 Å². The van der Waals surface area contributed by atoms with E-state index in [1.807, 2.05) is 0 Å². The van der Waals surface area contributed by atoms with Crippen LogP contribution in [0, 0.1) is 0 Å². The summed E-state index contributed by atoms with van der Waals surface area (Å²) in [5, 5.41) is 0. The molecule has 0 fully saturated rings. The molecule has 0 heterocycles. The lowest BCUT2D eigenvalue weighted by atomic mass is 10.1. The summed E-state index contributed by atoms with van der Waals surface area (Å²) >= 11 is 0. The molecule has 308 valence electrons. The third-order valence-electron chi connectivity index (χ3n) is 8.95. The molecule has 0 aliphatic rings. The van der Waals surface area contributed by atoms with Crippen LogP contribution in [0.25, 0.3) is 0 Å². The zero-order valence-electron chi connectivity index (χ0n) is 35.0. The molecule has 0 rings (SSSR count). The number of hydrogen-bond donors (Lipinski definition) is 0. The molecule has 1 atom stereocenters. The quantitative estimate of drug-likeness (QED) is 0.0205. The van der Waals surface area contributed by atoms with E-state index >= 15 is 0 Å². The Labute approximate surface area is 332 Å². The maximum atomic E-state index is 12.7. The minimum absolute atomic E-state index is 0.0989. The predicted molar refractivity (Wildman–Crippen MR) is 228 cm³/mol. The maximum absolute atomic E-state index is 12.7. The summed E-state index contributed by atoms with van der Waals surface area (Å²) in [6.45, 7) is 6.29. The topological polar surface area (TPSA) is 78.9 Å². The number of rotatable bonds is 38. The van der Waals surface area contributed by atoms with Crippen molar-refractivity contribution in [3.63, 3.8) is 0 Å². The van der Waals surface area contributed by atoms with Crippen LogP contribution in [0.2, 0.25) is 0 Å². The molecular weight excluding hydrogens is 673 g/mol. The molecule has 54 heavy (non-hydrogen) atoms. The summed E-state index contributed by atoms with van der Waals surface area (Å²) < 4.78 is 16.6. The van der Waals surface area contributed by atoms with E-state index in [4.69, 9.17) is 14.2 Å². The van der Waals surface area contributed by atoms with Crippen LogP contribution in [-0.2, 0) is 28.6 Å². The van der Waals surface area contributed by atoms with Gasteiger partial charge in [0, 0.05) is 19.3 Å². The summed E-state index contributed by atoms with van der Waals surface area (Å²) in [6.07, 6.45) is 51.8. The fourth-order valence-electron chi connectivity index (χ4n) is 5.68. The molecule has 0 aliphatic heterocycles. The van der Waals surface area contributed by atoms with E-state index in [2.05, 4.69) is 93.7 Å². The van der Waals surface area contributed by atoms with Crippen molar-refractivity contribution in [3.05, 3.63) is 72.9 Å². The Bertz CT molecular complexity index is 1050. The van der Waals surface area contributed by atoms with Crippen LogP contribution in [0.1, 0.15) is 194 Å². The lowest BCUT2D eigenvalue weighted by Crippen LogP contribution is -2.30. The van der Waals surface area contributed by atoms with Gasteiger partial charge in [-0.25, -0.2) is 0 Å². The van der Waals surface area contributed by atoms with E-state index in [0.717, 1.165) is 109 Å². The molecule has 0 radical (unpaired) electrons. The second kappa shape index (κ2) is 42.6. The van der Waals surface area contributed by atoms with E-state index in [-0.39, 0.29) is 31.1 Å². The fraction of sp³-hybridized carbons (Fsp3) is 0.688. The Morgan fingerprint density at radius 1 is 0.407 bits per heavy atom. The van der Waals surface area contributed by atoms with Crippen molar-refractivity contribution in [2.75, 3.05) is 13.2 Å². The van der Waals surface area contributed by atoms with E-state index in [9.17, 15) is 14.4 Å². The second-order valence-corrected chi connectivity index (χ2v) is 14.2. The minimum Gasteiger partial charge on any atom is -0.462 e. The number of carbonyl (C=O) groups is 3. The summed E-state index contributed by atoms with van der Waals surface area (Å²) in [4.78, 5) is 37.6. The number of ether oxygens (including phenoxy) is 3. The highest BCUT2D eigenvalue weighted by molar-refractivity contribution is 5.71. The summed E-state index contributed by atoms with van der Waals surface area (Å²) in [7, 11) is 0. The van der Waals surface area contributed by atoms with Crippen LogP contribution in [0.5, 0.6) is 0 Å². The smallest absolute Gasteiger partial charge is 0.306 e. The first-order chi connectivity index (χ1) is 26.5. The average molecular weight is 753 g/mol. The summed E-state index contributed by atoms with van der Waals surface area (Å²) in [5.41, 5.74) is 0. The van der Waals surface area contributed by atoms with Crippen LogP contribution in [0.3, 0.4) is 0 Å². The van der Waals surface area contributed by atoms with Gasteiger partial charge in [0.05, 0.1) is 0 Å². The molecule has 0 spiro atoms. The van der Waals surface area contributed by atoms with Gasteiger partial charge in [-0.2, -0.15) is 0 Å². The number of hydrogen-bond acceptors (Lipinski definition) is 6. The first-order valence-corrected chi connectivity index (χ1v) is 22.0. The Balaban J connectivity index is 4.43. The van der Waals surface area contributed by atoms with Gasteiger partial charge in [-0.1, -0.05) is 151 Å². The third-order valence-corrected chi connectivity index (χ3v) is 8.95. The molecule has 0 saturated heterocycles. The van der Waals surface area contributed by atoms with Crippen LogP contribution in [-0.4, -0.2) is 37.2 Å².